The van der Waals surface area contributed by atoms with E-state index in [-0.39, 0.29) is 11.6 Å². The van der Waals surface area contributed by atoms with E-state index < -0.39 is 10.0 Å². The van der Waals surface area contributed by atoms with Crippen molar-refractivity contribution in [2.45, 2.75) is 5.75 Å². The van der Waals surface area contributed by atoms with Gasteiger partial charge in [0.15, 0.2) is 0 Å². The summed E-state index contributed by atoms with van der Waals surface area (Å²) in [7, 11) is -3.43. The molecule has 4 nitrogen and oxygen atoms in total. The third-order valence-electron chi connectivity index (χ3n) is 4.16. The van der Waals surface area contributed by atoms with Crippen molar-refractivity contribution in [1.29, 1.82) is 0 Å². The highest BCUT2D eigenvalue weighted by Gasteiger charge is 2.27. The summed E-state index contributed by atoms with van der Waals surface area (Å²) < 4.78 is 39.7. The van der Waals surface area contributed by atoms with Gasteiger partial charge in [-0.1, -0.05) is 29.3 Å². The van der Waals surface area contributed by atoms with Crippen molar-refractivity contribution in [1.82, 2.24) is 4.31 Å². The van der Waals surface area contributed by atoms with E-state index in [2.05, 4.69) is 0 Å². The monoisotopic (exact) mass is 402 g/mol. The fraction of sp³-hybridized carbons (Fsp3) is 0.294. The van der Waals surface area contributed by atoms with Gasteiger partial charge in [0.1, 0.15) is 5.82 Å². The van der Waals surface area contributed by atoms with E-state index in [0.29, 0.717) is 41.8 Å². The molecule has 0 aliphatic carbocycles. The molecule has 0 bridgehead atoms. The van der Waals surface area contributed by atoms with Crippen LogP contribution in [0.2, 0.25) is 10.0 Å². The van der Waals surface area contributed by atoms with Crippen LogP contribution in [0, 0.1) is 5.82 Å². The molecule has 0 unspecified atom stereocenters. The molecule has 0 atom stereocenters. The van der Waals surface area contributed by atoms with Crippen LogP contribution in [0.3, 0.4) is 0 Å². The molecule has 1 aliphatic rings. The van der Waals surface area contributed by atoms with Crippen molar-refractivity contribution in [2.24, 2.45) is 0 Å². The summed E-state index contributed by atoms with van der Waals surface area (Å²) in [6, 6.07) is 11.1. The van der Waals surface area contributed by atoms with Crippen LogP contribution >= 0.6 is 23.2 Å². The molecule has 2 aromatic rings. The molecule has 0 N–H and O–H groups in total. The number of halogens is 3. The van der Waals surface area contributed by atoms with Gasteiger partial charge in [0.2, 0.25) is 10.0 Å². The van der Waals surface area contributed by atoms with E-state index in [1.165, 1.54) is 16.4 Å². The van der Waals surface area contributed by atoms with Crippen LogP contribution in [0.4, 0.5) is 10.1 Å². The van der Waals surface area contributed by atoms with E-state index in [1.54, 1.807) is 30.3 Å². The van der Waals surface area contributed by atoms with E-state index >= 15 is 0 Å². The predicted octanol–water partition coefficient (Wildman–Crippen LogP) is 3.78. The van der Waals surface area contributed by atoms with Crippen molar-refractivity contribution in [2.75, 3.05) is 31.1 Å². The third-order valence-corrected chi connectivity index (χ3v) is 6.75. The fourth-order valence-electron chi connectivity index (χ4n) is 2.81. The molecule has 0 amide bonds. The van der Waals surface area contributed by atoms with Gasteiger partial charge in [-0.3, -0.25) is 0 Å². The first-order chi connectivity index (χ1) is 11.8. The molecule has 1 aliphatic heterocycles. The second-order valence-corrected chi connectivity index (χ2v) is 8.65. The molecule has 3 rings (SSSR count). The second kappa shape index (κ2) is 7.50. The molecule has 1 fully saturated rings. The Morgan fingerprint density at radius 2 is 1.56 bits per heavy atom. The minimum absolute atomic E-state index is 0.111. The van der Waals surface area contributed by atoms with E-state index in [9.17, 15) is 12.8 Å². The first-order valence-electron chi connectivity index (χ1n) is 7.77. The standard InChI is InChI=1S/C17H17Cl2FN2O2S/c18-16-6-1-13(11-17(16)19)12-25(23,24)22-9-7-21(8-10-22)15-4-2-14(20)3-5-15/h1-6,11H,7-10,12H2. The second-order valence-electron chi connectivity index (χ2n) is 5.87. The number of nitrogens with zero attached hydrogens (tertiary/aromatic N) is 2. The normalized spacial score (nSPS) is 16.2. The topological polar surface area (TPSA) is 40.6 Å². The Balaban J connectivity index is 1.64. The zero-order chi connectivity index (χ0) is 18.0. The van der Waals surface area contributed by atoms with Crippen molar-refractivity contribution >= 4 is 38.9 Å². The zero-order valence-electron chi connectivity index (χ0n) is 13.3. The molecule has 2 aromatic carbocycles. The van der Waals surface area contributed by atoms with Gasteiger partial charge in [0, 0.05) is 31.9 Å². The minimum atomic E-state index is -3.43. The van der Waals surface area contributed by atoms with Gasteiger partial charge in [-0.15, -0.1) is 0 Å². The Bertz CT molecular complexity index is 851. The van der Waals surface area contributed by atoms with Gasteiger partial charge in [-0.25, -0.2) is 12.8 Å². The quantitative estimate of drug-likeness (QED) is 0.780. The number of sulfonamides is 1. The highest BCUT2D eigenvalue weighted by molar-refractivity contribution is 7.88. The average molecular weight is 403 g/mol. The molecule has 25 heavy (non-hydrogen) atoms. The van der Waals surface area contributed by atoms with Crippen molar-refractivity contribution < 1.29 is 12.8 Å². The van der Waals surface area contributed by atoms with Crippen LogP contribution in [0.1, 0.15) is 5.56 Å². The highest BCUT2D eigenvalue weighted by Crippen LogP contribution is 2.25. The number of benzene rings is 2. The summed E-state index contributed by atoms with van der Waals surface area (Å²) >= 11 is 11.8. The van der Waals surface area contributed by atoms with Gasteiger partial charge in [0.05, 0.1) is 15.8 Å². The van der Waals surface area contributed by atoms with Gasteiger partial charge in [-0.2, -0.15) is 4.31 Å². The van der Waals surface area contributed by atoms with Crippen LogP contribution in [0.5, 0.6) is 0 Å². The largest absolute Gasteiger partial charge is 0.369 e. The average Bonchev–Trinajstić information content (AvgIpc) is 2.59. The van der Waals surface area contributed by atoms with Crippen LogP contribution in [0.15, 0.2) is 42.5 Å². The minimum Gasteiger partial charge on any atom is -0.369 e. The first-order valence-corrected chi connectivity index (χ1v) is 10.1. The molecule has 0 spiro atoms. The van der Waals surface area contributed by atoms with Crippen LogP contribution < -0.4 is 4.90 Å². The van der Waals surface area contributed by atoms with Crippen LogP contribution in [-0.2, 0) is 15.8 Å². The van der Waals surface area contributed by atoms with Crippen molar-refractivity contribution in [3.63, 3.8) is 0 Å². The summed E-state index contributed by atoms with van der Waals surface area (Å²) in [6.07, 6.45) is 0. The van der Waals surface area contributed by atoms with E-state index in [4.69, 9.17) is 23.2 Å². The Hall–Kier alpha value is -1.34. The summed E-state index contributed by atoms with van der Waals surface area (Å²) in [6.45, 7) is 1.90. The van der Waals surface area contributed by atoms with Gasteiger partial charge in [-0.05, 0) is 42.0 Å². The summed E-state index contributed by atoms with van der Waals surface area (Å²) in [5.41, 5.74) is 1.50. The van der Waals surface area contributed by atoms with Crippen LogP contribution in [0.25, 0.3) is 0 Å². The molecule has 8 heteroatoms. The number of rotatable bonds is 4. The molecule has 0 aromatic heterocycles. The molecule has 134 valence electrons. The third kappa shape index (κ3) is 4.44. The summed E-state index contributed by atoms with van der Waals surface area (Å²) in [5, 5.41) is 0.742. The Morgan fingerprint density at radius 1 is 0.920 bits per heavy atom. The lowest BCUT2D eigenvalue weighted by atomic mass is 10.2. The predicted molar refractivity (Wildman–Crippen MR) is 99.3 cm³/mol. The fourth-order valence-corrected chi connectivity index (χ4v) is 4.63. The van der Waals surface area contributed by atoms with Gasteiger partial charge in [0.25, 0.3) is 0 Å². The number of hydrogen-bond acceptors (Lipinski definition) is 3. The maximum atomic E-state index is 13.0. The number of piperazine rings is 1. The number of hydrogen-bond donors (Lipinski definition) is 0. The smallest absolute Gasteiger partial charge is 0.218 e. The molecular weight excluding hydrogens is 386 g/mol. The van der Waals surface area contributed by atoms with Gasteiger partial charge < -0.3 is 4.90 Å². The van der Waals surface area contributed by atoms with Crippen LogP contribution in [-0.4, -0.2) is 38.9 Å². The van der Waals surface area contributed by atoms with Crippen molar-refractivity contribution in [3.8, 4) is 0 Å². The maximum Gasteiger partial charge on any atom is 0.218 e. The van der Waals surface area contributed by atoms with Crippen molar-refractivity contribution in [3.05, 3.63) is 63.9 Å². The Labute approximate surface area is 156 Å². The van der Waals surface area contributed by atoms with E-state index in [0.717, 1.165) is 5.69 Å². The Kier molecular flexibility index (Phi) is 5.53. The molecule has 1 heterocycles. The highest BCUT2D eigenvalue weighted by atomic mass is 35.5. The molecule has 0 saturated carbocycles. The summed E-state index contributed by atoms with van der Waals surface area (Å²) in [4.78, 5) is 2.05. The molecular formula is C17H17Cl2FN2O2S. The SMILES string of the molecule is O=S(=O)(Cc1ccc(Cl)c(Cl)c1)N1CCN(c2ccc(F)cc2)CC1. The number of anilines is 1. The Morgan fingerprint density at radius 3 is 2.16 bits per heavy atom. The van der Waals surface area contributed by atoms with E-state index in [1.807, 2.05) is 4.90 Å². The zero-order valence-corrected chi connectivity index (χ0v) is 15.7. The maximum absolute atomic E-state index is 13.0. The molecule has 0 radical (unpaired) electrons. The van der Waals surface area contributed by atoms with Gasteiger partial charge >= 0.3 is 0 Å². The molecule has 1 saturated heterocycles. The lowest BCUT2D eigenvalue weighted by molar-refractivity contribution is 0.384. The summed E-state index contributed by atoms with van der Waals surface area (Å²) in [5.74, 6) is -0.396. The lowest BCUT2D eigenvalue weighted by Gasteiger charge is -2.35. The first kappa shape index (κ1) is 18.5. The lowest BCUT2D eigenvalue weighted by Crippen LogP contribution is -2.49.